The lowest BCUT2D eigenvalue weighted by atomic mass is 10.2. The molecule has 0 aliphatic rings. The fourth-order valence-corrected chi connectivity index (χ4v) is 2.58. The van der Waals surface area contributed by atoms with E-state index in [2.05, 4.69) is 20.3 Å². The van der Waals surface area contributed by atoms with Crippen LogP contribution in [0.4, 0.5) is 0 Å². The van der Waals surface area contributed by atoms with Crippen LogP contribution in [0.3, 0.4) is 0 Å². The first-order chi connectivity index (χ1) is 8.75. The van der Waals surface area contributed by atoms with Gasteiger partial charge in [0.05, 0.1) is 10.9 Å². The highest BCUT2D eigenvalue weighted by Gasteiger charge is 2.20. The van der Waals surface area contributed by atoms with E-state index in [0.717, 1.165) is 33.3 Å². The minimum absolute atomic E-state index is 0.465. The molecule has 18 heavy (non-hydrogen) atoms. The van der Waals surface area contributed by atoms with Crippen molar-refractivity contribution < 1.29 is 4.52 Å². The average molecular weight is 259 g/mol. The lowest BCUT2D eigenvalue weighted by Gasteiger charge is -1.93. The molecule has 0 aliphatic carbocycles. The summed E-state index contributed by atoms with van der Waals surface area (Å²) in [7, 11) is 0. The number of rotatable bonds is 0. The van der Waals surface area contributed by atoms with Crippen molar-refractivity contribution in [3.63, 3.8) is 0 Å². The normalized spacial score (nSPS) is 11.9. The Morgan fingerprint density at radius 1 is 1.22 bits per heavy atom. The number of H-pyrrole nitrogens is 2. The van der Waals surface area contributed by atoms with Gasteiger partial charge in [-0.3, -0.25) is 0 Å². The lowest BCUT2D eigenvalue weighted by molar-refractivity contribution is -0.586. The Hall–Kier alpha value is -2.14. The van der Waals surface area contributed by atoms with Crippen molar-refractivity contribution in [3.8, 4) is 0 Å². The molecule has 3 heterocycles. The quantitative estimate of drug-likeness (QED) is 0.475. The van der Waals surface area contributed by atoms with Crippen LogP contribution in [-0.4, -0.2) is 20.3 Å². The van der Waals surface area contributed by atoms with E-state index < -0.39 is 0 Å². The molecule has 6 heteroatoms. The molecule has 1 aromatic carbocycles. The molecule has 0 fully saturated rings. The fraction of sp³-hybridized carbons (Fsp3) is 0.0833. The molecular formula is C12H9ClN5+. The smallest absolute Gasteiger partial charge is 0.240 e. The van der Waals surface area contributed by atoms with Crippen molar-refractivity contribution in [2.75, 3.05) is 0 Å². The van der Waals surface area contributed by atoms with E-state index in [4.69, 9.17) is 11.6 Å². The maximum Gasteiger partial charge on any atom is 0.305 e. The van der Waals surface area contributed by atoms with E-state index in [1.54, 1.807) is 4.52 Å². The second kappa shape index (κ2) is 3.20. The maximum atomic E-state index is 6.29. The van der Waals surface area contributed by atoms with Gasteiger partial charge in [-0.1, -0.05) is 34.9 Å². The number of aromatic amines is 2. The molecule has 5 nitrogen and oxygen atoms in total. The zero-order valence-electron chi connectivity index (χ0n) is 9.53. The van der Waals surface area contributed by atoms with Crippen LogP contribution in [-0.2, 0) is 0 Å². The highest BCUT2D eigenvalue weighted by atomic mass is 35.5. The molecule has 2 N–H and O–H groups in total. The van der Waals surface area contributed by atoms with E-state index >= 15 is 0 Å². The van der Waals surface area contributed by atoms with Crippen LogP contribution < -0.4 is 4.52 Å². The van der Waals surface area contributed by atoms with Crippen molar-refractivity contribution in [2.24, 2.45) is 0 Å². The van der Waals surface area contributed by atoms with Gasteiger partial charge in [-0.2, -0.15) is 10.2 Å². The fourth-order valence-electron chi connectivity index (χ4n) is 2.31. The largest absolute Gasteiger partial charge is 0.305 e. The first-order valence-corrected chi connectivity index (χ1v) is 5.96. The van der Waals surface area contributed by atoms with Gasteiger partial charge in [0.2, 0.25) is 0 Å². The molecule has 0 unspecified atom stereocenters. The average Bonchev–Trinajstić information content (AvgIpc) is 2.91. The molecule has 0 amide bonds. The van der Waals surface area contributed by atoms with Crippen LogP contribution in [0.5, 0.6) is 0 Å². The summed E-state index contributed by atoms with van der Waals surface area (Å²) in [4.78, 5) is 4.62. The minimum Gasteiger partial charge on any atom is -0.240 e. The van der Waals surface area contributed by atoms with E-state index in [1.165, 1.54) is 0 Å². The van der Waals surface area contributed by atoms with E-state index in [9.17, 15) is 0 Å². The topological polar surface area (TPSA) is 61.5 Å². The van der Waals surface area contributed by atoms with Gasteiger partial charge in [-0.15, -0.1) is 4.52 Å². The van der Waals surface area contributed by atoms with Crippen LogP contribution in [0.2, 0.25) is 5.15 Å². The molecule has 88 valence electrons. The Bertz CT molecular complexity index is 905. The molecule has 0 saturated carbocycles. The number of hydrogen-bond donors (Lipinski definition) is 2. The second-order valence-electron chi connectivity index (χ2n) is 4.24. The summed E-state index contributed by atoms with van der Waals surface area (Å²) in [6, 6.07) is 7.92. The molecule has 0 aliphatic heterocycles. The van der Waals surface area contributed by atoms with Crippen molar-refractivity contribution in [3.05, 3.63) is 35.2 Å². The molecular weight excluding hydrogens is 250 g/mol. The van der Waals surface area contributed by atoms with E-state index in [0.29, 0.717) is 5.15 Å². The predicted molar refractivity (Wildman–Crippen MR) is 68.7 cm³/mol. The first kappa shape index (κ1) is 9.85. The molecule has 3 aromatic heterocycles. The number of aromatic nitrogens is 5. The lowest BCUT2D eigenvalue weighted by Crippen LogP contribution is -2.28. The third-order valence-electron chi connectivity index (χ3n) is 3.15. The summed E-state index contributed by atoms with van der Waals surface area (Å²) in [6.07, 6.45) is 0. The zero-order chi connectivity index (χ0) is 12.3. The summed E-state index contributed by atoms with van der Waals surface area (Å²) in [6.45, 7) is 1.92. The number of aryl methyl sites for hydroxylation is 1. The Morgan fingerprint density at radius 2 is 2.06 bits per heavy atom. The van der Waals surface area contributed by atoms with Gasteiger partial charge in [0.15, 0.2) is 10.7 Å². The van der Waals surface area contributed by atoms with Gasteiger partial charge in [-0.05, 0) is 6.07 Å². The number of fused-ring (bicyclic) bond motifs is 5. The number of para-hydroxylation sites is 1. The molecule has 0 saturated heterocycles. The highest BCUT2D eigenvalue weighted by molar-refractivity contribution is 6.37. The maximum absolute atomic E-state index is 6.29. The molecule has 4 rings (SSSR count). The standard InChI is InChI=1S/C12H8ClN5/c1-6-15-16-12-10-9(11(13)17-18(6)12)7-4-2-3-5-8(7)14-10/h2-5H,1H3,(H,14,16,17)/p+1. The molecule has 0 bridgehead atoms. The molecule has 0 spiro atoms. The Labute approximate surface area is 106 Å². The summed E-state index contributed by atoms with van der Waals surface area (Å²) in [5.74, 6) is 0.876. The van der Waals surface area contributed by atoms with Crippen LogP contribution in [0, 0.1) is 6.92 Å². The van der Waals surface area contributed by atoms with Crippen molar-refractivity contribution in [1.82, 2.24) is 20.3 Å². The number of nitrogens with one attached hydrogen (secondary N) is 2. The molecule has 0 radical (unpaired) electrons. The van der Waals surface area contributed by atoms with Gasteiger partial charge < -0.3 is 0 Å². The third kappa shape index (κ3) is 1.09. The van der Waals surface area contributed by atoms with Crippen LogP contribution in [0.25, 0.3) is 27.5 Å². The van der Waals surface area contributed by atoms with Gasteiger partial charge in [0.1, 0.15) is 0 Å². The van der Waals surface area contributed by atoms with Crippen molar-refractivity contribution >= 4 is 39.1 Å². The van der Waals surface area contributed by atoms with Crippen LogP contribution in [0.1, 0.15) is 5.82 Å². The second-order valence-corrected chi connectivity index (χ2v) is 4.60. The predicted octanol–water partition coefficient (Wildman–Crippen LogP) is 2.14. The monoisotopic (exact) mass is 258 g/mol. The summed E-state index contributed by atoms with van der Waals surface area (Å²) < 4.78 is 1.73. The number of hydrogen-bond acceptors (Lipinski definition) is 2. The minimum atomic E-state index is 0.465. The Balaban J connectivity index is 2.38. The highest BCUT2D eigenvalue weighted by Crippen LogP contribution is 2.30. The summed E-state index contributed by atoms with van der Waals surface area (Å²) >= 11 is 6.29. The van der Waals surface area contributed by atoms with Crippen LogP contribution in [0.15, 0.2) is 24.3 Å². The van der Waals surface area contributed by atoms with Gasteiger partial charge >= 0.3 is 5.65 Å². The number of nitrogens with zero attached hydrogens (tertiary/aromatic N) is 3. The van der Waals surface area contributed by atoms with Crippen molar-refractivity contribution in [2.45, 2.75) is 6.92 Å². The molecule has 4 aromatic rings. The summed E-state index contributed by atoms with van der Waals surface area (Å²) in [5, 5.41) is 12.8. The third-order valence-corrected chi connectivity index (χ3v) is 3.42. The molecule has 0 atom stereocenters. The van der Waals surface area contributed by atoms with Gasteiger partial charge in [-0.25, -0.2) is 4.98 Å². The Kier molecular flexibility index (Phi) is 1.75. The first-order valence-electron chi connectivity index (χ1n) is 5.58. The van der Waals surface area contributed by atoms with E-state index in [1.807, 2.05) is 31.2 Å². The van der Waals surface area contributed by atoms with Gasteiger partial charge in [0, 0.05) is 12.3 Å². The zero-order valence-corrected chi connectivity index (χ0v) is 10.3. The SMILES string of the molecule is Cc1[nH][nH]c2c3nc4ccccc4c3c(Cl)n[n+]12. The summed E-state index contributed by atoms with van der Waals surface area (Å²) in [5.41, 5.74) is 2.58. The Morgan fingerprint density at radius 3 is 2.94 bits per heavy atom. The number of benzene rings is 1. The van der Waals surface area contributed by atoms with Crippen molar-refractivity contribution in [1.29, 1.82) is 0 Å². The van der Waals surface area contributed by atoms with Crippen LogP contribution >= 0.6 is 11.6 Å². The van der Waals surface area contributed by atoms with E-state index in [-0.39, 0.29) is 0 Å². The number of halogens is 1. The van der Waals surface area contributed by atoms with Gasteiger partial charge in [0.25, 0.3) is 5.82 Å².